The van der Waals surface area contributed by atoms with Crippen LogP contribution < -0.4 is 0 Å². The van der Waals surface area contributed by atoms with Gasteiger partial charge < -0.3 is 0 Å². The molecule has 59 heavy (non-hydrogen) atoms. The number of benzene rings is 8. The topological polar surface area (TPSA) is 67.4 Å². The predicted molar refractivity (Wildman–Crippen MR) is 239 cm³/mol. The van der Waals surface area contributed by atoms with Gasteiger partial charge in [-0.25, -0.2) is 15.0 Å². The summed E-state index contributed by atoms with van der Waals surface area (Å²) in [6, 6.07) is 75.0. The molecule has 5 heteroatoms. The molecule has 2 aromatic heterocycles. The molecule has 0 unspecified atom stereocenters. The summed E-state index contributed by atoms with van der Waals surface area (Å²) in [4.78, 5) is 15.6. The van der Waals surface area contributed by atoms with Crippen molar-refractivity contribution in [3.05, 3.63) is 218 Å². The van der Waals surface area contributed by atoms with E-state index in [2.05, 4.69) is 168 Å². The predicted octanol–water partition coefficient (Wildman–Crippen LogP) is 13.4. The van der Waals surface area contributed by atoms with Gasteiger partial charge in [0.1, 0.15) is 5.82 Å². The second-order valence-corrected chi connectivity index (χ2v) is 14.3. The minimum absolute atomic E-state index is 0.633. The molecule has 2 heterocycles. The van der Waals surface area contributed by atoms with E-state index in [4.69, 9.17) is 15.0 Å². The van der Waals surface area contributed by atoms with Gasteiger partial charge in [-0.1, -0.05) is 170 Å². The first kappa shape index (κ1) is 35.2. The molecule has 5 nitrogen and oxygen atoms in total. The molecule has 0 radical (unpaired) electrons. The van der Waals surface area contributed by atoms with E-state index < -0.39 is 0 Å². The first-order chi connectivity index (χ1) is 29.2. The van der Waals surface area contributed by atoms with Gasteiger partial charge >= 0.3 is 0 Å². The minimum Gasteiger partial charge on any atom is -0.292 e. The van der Waals surface area contributed by atoms with Crippen LogP contribution >= 0.6 is 0 Å². The Morgan fingerprint density at radius 1 is 0.373 bits per heavy atom. The van der Waals surface area contributed by atoms with Crippen molar-refractivity contribution in [3.8, 4) is 90.4 Å². The van der Waals surface area contributed by atoms with Gasteiger partial charge in [0.15, 0.2) is 5.82 Å². The van der Waals surface area contributed by atoms with E-state index in [1.807, 2.05) is 54.6 Å². The van der Waals surface area contributed by atoms with Gasteiger partial charge in [-0.3, -0.25) is 4.57 Å². The summed E-state index contributed by atoms with van der Waals surface area (Å²) in [5.41, 5.74) is 15.7. The number of hydrogen-bond donors (Lipinski definition) is 0. The summed E-state index contributed by atoms with van der Waals surface area (Å²) in [6.45, 7) is 0. The summed E-state index contributed by atoms with van der Waals surface area (Å²) >= 11 is 0. The highest BCUT2D eigenvalue weighted by molar-refractivity contribution is 5.95. The summed E-state index contributed by atoms with van der Waals surface area (Å²) in [5.74, 6) is 1.54. The van der Waals surface area contributed by atoms with Crippen LogP contribution in [-0.2, 0) is 0 Å². The maximum Gasteiger partial charge on any atom is 0.160 e. The second kappa shape index (κ2) is 15.4. The van der Waals surface area contributed by atoms with Crippen LogP contribution in [0, 0.1) is 11.3 Å². The maximum atomic E-state index is 9.36. The van der Waals surface area contributed by atoms with E-state index in [1.165, 1.54) is 0 Å². The van der Waals surface area contributed by atoms with E-state index in [0.29, 0.717) is 11.4 Å². The van der Waals surface area contributed by atoms with Crippen molar-refractivity contribution in [2.45, 2.75) is 0 Å². The Hall–Kier alpha value is -8.20. The highest BCUT2D eigenvalue weighted by Gasteiger charge is 2.21. The monoisotopic (exact) mass is 753 g/mol. The van der Waals surface area contributed by atoms with Gasteiger partial charge in [-0.05, 0) is 70.3 Å². The zero-order chi connectivity index (χ0) is 39.5. The average molecular weight is 754 g/mol. The number of rotatable bonds is 8. The van der Waals surface area contributed by atoms with Gasteiger partial charge in [-0.15, -0.1) is 0 Å². The molecule has 10 aromatic rings. The fourth-order valence-corrected chi connectivity index (χ4v) is 7.89. The third-order valence-electron chi connectivity index (χ3n) is 10.7. The SMILES string of the molecule is N#Cc1ccc(-c2cccc(-c3cc(-c4ccccc4-c4ccccc4-c4ccccc4-n4c(-c5ccccc5)nc5ccccc54)nc(-c4ccccc4)n3)c2)cc1. The highest BCUT2D eigenvalue weighted by Crippen LogP contribution is 2.42. The third-order valence-corrected chi connectivity index (χ3v) is 10.7. The van der Waals surface area contributed by atoms with Gasteiger partial charge in [0.25, 0.3) is 0 Å². The fraction of sp³-hybridized carbons (Fsp3) is 0. The van der Waals surface area contributed by atoms with Crippen LogP contribution in [0.2, 0.25) is 0 Å². The maximum absolute atomic E-state index is 9.36. The van der Waals surface area contributed by atoms with Gasteiger partial charge in [-0.2, -0.15) is 5.26 Å². The molecule has 0 fully saturated rings. The lowest BCUT2D eigenvalue weighted by atomic mass is 9.89. The number of nitriles is 1. The average Bonchev–Trinajstić information content (AvgIpc) is 3.72. The Bertz CT molecular complexity index is 3160. The molecule has 0 aliphatic heterocycles. The van der Waals surface area contributed by atoms with Gasteiger partial charge in [0, 0.05) is 27.8 Å². The van der Waals surface area contributed by atoms with Crippen molar-refractivity contribution in [1.82, 2.24) is 19.5 Å². The van der Waals surface area contributed by atoms with Crippen molar-refractivity contribution < 1.29 is 0 Å². The molecule has 0 aliphatic carbocycles. The van der Waals surface area contributed by atoms with E-state index in [9.17, 15) is 5.26 Å². The molecule has 0 spiro atoms. The highest BCUT2D eigenvalue weighted by atomic mass is 15.1. The van der Waals surface area contributed by atoms with Crippen LogP contribution in [0.3, 0.4) is 0 Å². The Balaban J connectivity index is 1.14. The summed E-state index contributed by atoms with van der Waals surface area (Å²) in [5, 5.41) is 9.36. The number of hydrogen-bond acceptors (Lipinski definition) is 4. The molecule has 8 aromatic carbocycles. The van der Waals surface area contributed by atoms with Crippen molar-refractivity contribution >= 4 is 11.0 Å². The zero-order valence-corrected chi connectivity index (χ0v) is 31.9. The first-order valence-electron chi connectivity index (χ1n) is 19.6. The quantitative estimate of drug-likeness (QED) is 0.155. The zero-order valence-electron chi connectivity index (χ0n) is 31.9. The number of para-hydroxylation sites is 3. The van der Waals surface area contributed by atoms with Crippen LogP contribution in [0.5, 0.6) is 0 Å². The van der Waals surface area contributed by atoms with E-state index >= 15 is 0 Å². The third kappa shape index (κ3) is 6.75. The van der Waals surface area contributed by atoms with E-state index in [0.717, 1.165) is 89.6 Å². The van der Waals surface area contributed by atoms with Gasteiger partial charge in [0.2, 0.25) is 0 Å². The summed E-state index contributed by atoms with van der Waals surface area (Å²) in [7, 11) is 0. The molecular formula is C54H35N5. The van der Waals surface area contributed by atoms with Crippen molar-refractivity contribution in [2.75, 3.05) is 0 Å². The van der Waals surface area contributed by atoms with Crippen molar-refractivity contribution in [3.63, 3.8) is 0 Å². The van der Waals surface area contributed by atoms with Crippen LogP contribution in [0.4, 0.5) is 0 Å². The van der Waals surface area contributed by atoms with Crippen LogP contribution in [0.15, 0.2) is 212 Å². The normalized spacial score (nSPS) is 11.0. The lowest BCUT2D eigenvalue weighted by molar-refractivity contribution is 1.10. The first-order valence-corrected chi connectivity index (χ1v) is 19.6. The molecule has 0 saturated carbocycles. The second-order valence-electron chi connectivity index (χ2n) is 14.3. The fourth-order valence-electron chi connectivity index (χ4n) is 7.89. The standard InChI is InChI=1S/C54H35N5/c55-36-37-30-32-38(33-31-37)41-20-15-21-42(34-41)49-35-50(57-53(56-49)39-16-3-1-4-17-39)46-25-10-9-23-44(46)43-22-7-8-24-45(43)47-26-11-13-28-51(47)59-52-29-14-12-27-48(52)58-54(59)40-18-5-2-6-19-40/h1-35H. The Labute approximate surface area is 342 Å². The minimum atomic E-state index is 0.633. The summed E-state index contributed by atoms with van der Waals surface area (Å²) in [6.07, 6.45) is 0. The van der Waals surface area contributed by atoms with Crippen LogP contribution in [-0.4, -0.2) is 19.5 Å². The number of nitrogens with zero attached hydrogens (tertiary/aromatic N) is 5. The van der Waals surface area contributed by atoms with Crippen LogP contribution in [0.25, 0.3) is 95.4 Å². The van der Waals surface area contributed by atoms with Crippen LogP contribution in [0.1, 0.15) is 5.56 Å². The molecule has 0 saturated heterocycles. The Morgan fingerprint density at radius 2 is 0.915 bits per heavy atom. The number of fused-ring (bicyclic) bond motifs is 1. The molecule has 10 rings (SSSR count). The lowest BCUT2D eigenvalue weighted by Crippen LogP contribution is -2.01. The molecule has 0 aliphatic rings. The van der Waals surface area contributed by atoms with Gasteiger partial charge in [0.05, 0.1) is 39.7 Å². The Kier molecular flexibility index (Phi) is 9.19. The molecule has 276 valence electrons. The molecule has 0 N–H and O–H groups in total. The van der Waals surface area contributed by atoms with Crippen molar-refractivity contribution in [1.29, 1.82) is 5.26 Å². The summed E-state index contributed by atoms with van der Waals surface area (Å²) < 4.78 is 2.29. The molecular weight excluding hydrogens is 719 g/mol. The lowest BCUT2D eigenvalue weighted by Gasteiger charge is -2.19. The smallest absolute Gasteiger partial charge is 0.160 e. The van der Waals surface area contributed by atoms with E-state index in [-0.39, 0.29) is 0 Å². The molecule has 0 atom stereocenters. The largest absolute Gasteiger partial charge is 0.292 e. The molecule has 0 bridgehead atoms. The number of aromatic nitrogens is 4. The number of imidazole rings is 1. The molecule has 0 amide bonds. The van der Waals surface area contributed by atoms with Crippen molar-refractivity contribution in [2.24, 2.45) is 0 Å². The van der Waals surface area contributed by atoms with E-state index in [1.54, 1.807) is 0 Å². The Morgan fingerprint density at radius 3 is 1.64 bits per heavy atom.